The van der Waals surface area contributed by atoms with Crippen LogP contribution in [0, 0.1) is 5.82 Å². The molecule has 1 saturated carbocycles. The van der Waals surface area contributed by atoms with Gasteiger partial charge in [-0.3, -0.25) is 0 Å². The molecule has 6 aromatic rings. The van der Waals surface area contributed by atoms with E-state index in [1.807, 2.05) is 36.4 Å². The lowest BCUT2D eigenvalue weighted by molar-refractivity contribution is 0.362. The molecule has 1 aliphatic carbocycles. The minimum atomic E-state index is -0.260. The Labute approximate surface area is 238 Å². The van der Waals surface area contributed by atoms with Gasteiger partial charge in [-0.2, -0.15) is 0 Å². The molecule has 41 heavy (non-hydrogen) atoms. The van der Waals surface area contributed by atoms with E-state index in [9.17, 15) is 4.39 Å². The van der Waals surface area contributed by atoms with Gasteiger partial charge in [0.1, 0.15) is 17.4 Å². The topological polar surface area (TPSA) is 66.0 Å². The quantitative estimate of drug-likeness (QED) is 0.221. The molecule has 1 fully saturated rings. The fourth-order valence-electron chi connectivity index (χ4n) is 6.19. The normalized spacial score (nSPS) is 14.1. The summed E-state index contributed by atoms with van der Waals surface area (Å²) in [5.74, 6) is 1.46. The van der Waals surface area contributed by atoms with Crippen LogP contribution in [0.3, 0.4) is 0 Å². The molecule has 2 aromatic heterocycles. The Bertz CT molecular complexity index is 1890. The van der Waals surface area contributed by atoms with Crippen molar-refractivity contribution in [2.24, 2.45) is 0 Å². The van der Waals surface area contributed by atoms with Gasteiger partial charge in [-0.25, -0.2) is 14.4 Å². The van der Waals surface area contributed by atoms with Crippen molar-refractivity contribution in [3.8, 4) is 39.5 Å². The number of benzene rings is 4. The van der Waals surface area contributed by atoms with Gasteiger partial charge >= 0.3 is 0 Å². The van der Waals surface area contributed by atoms with Crippen LogP contribution in [0.4, 0.5) is 10.1 Å². The van der Waals surface area contributed by atoms with Gasteiger partial charge in [-0.15, -0.1) is 0 Å². The average Bonchev–Trinajstić information content (AvgIpc) is 3.39. The summed E-state index contributed by atoms with van der Waals surface area (Å²) in [4.78, 5) is 10.1. The summed E-state index contributed by atoms with van der Waals surface area (Å²) in [6, 6.07) is 29.5. The molecule has 0 amide bonds. The summed E-state index contributed by atoms with van der Waals surface area (Å²) >= 11 is 0. The molecule has 0 saturated heterocycles. The minimum absolute atomic E-state index is 0.260. The van der Waals surface area contributed by atoms with E-state index in [1.54, 1.807) is 19.2 Å². The number of hydrogen-bond donors (Lipinski definition) is 1. The second kappa shape index (κ2) is 10.4. The molecular formula is C35H31FN4O. The lowest BCUT2D eigenvalue weighted by Crippen LogP contribution is -2.14. The van der Waals surface area contributed by atoms with E-state index in [0.29, 0.717) is 6.04 Å². The van der Waals surface area contributed by atoms with Gasteiger partial charge in [0.15, 0.2) is 0 Å². The number of halogens is 1. The SMILES string of the molecule is COc1ccc(-c2ccc(F)cc2)c(-c2ccc3cc(-c4nc5cc(N)ccc5n4C4CCCCC4)ccc3n2)c1. The van der Waals surface area contributed by atoms with Crippen LogP contribution in [-0.4, -0.2) is 21.6 Å². The second-order valence-electron chi connectivity index (χ2n) is 10.9. The van der Waals surface area contributed by atoms with Crippen LogP contribution < -0.4 is 10.5 Å². The number of pyridine rings is 1. The number of nitrogen functional groups attached to an aromatic ring is 1. The minimum Gasteiger partial charge on any atom is -0.497 e. The second-order valence-corrected chi connectivity index (χ2v) is 10.9. The lowest BCUT2D eigenvalue weighted by atomic mass is 9.94. The summed E-state index contributed by atoms with van der Waals surface area (Å²) < 4.78 is 21.6. The van der Waals surface area contributed by atoms with Gasteiger partial charge in [0.25, 0.3) is 0 Å². The van der Waals surface area contributed by atoms with Crippen molar-refractivity contribution in [1.29, 1.82) is 0 Å². The Kier molecular flexibility index (Phi) is 6.38. The molecule has 2 N–H and O–H groups in total. The van der Waals surface area contributed by atoms with Gasteiger partial charge in [0, 0.05) is 28.2 Å². The summed E-state index contributed by atoms with van der Waals surface area (Å²) in [6.45, 7) is 0. The summed E-state index contributed by atoms with van der Waals surface area (Å²) in [6.07, 6.45) is 6.11. The third-order valence-electron chi connectivity index (χ3n) is 8.26. The van der Waals surface area contributed by atoms with E-state index in [0.717, 1.165) is 80.0 Å². The standard InChI is InChI=1S/C35H31FN4O/c1-41-28-14-15-29(22-7-11-25(36)12-8-22)30(21-28)32-17-9-23-19-24(10-16-31(23)38-32)35-39-33-20-26(37)13-18-34(33)40(35)27-5-3-2-4-6-27/h7-21,27H,2-6,37H2,1H3. The van der Waals surface area contributed by atoms with E-state index in [2.05, 4.69) is 34.9 Å². The Morgan fingerprint density at radius 1 is 0.756 bits per heavy atom. The van der Waals surface area contributed by atoms with Crippen LogP contribution in [-0.2, 0) is 0 Å². The highest BCUT2D eigenvalue weighted by atomic mass is 19.1. The molecular weight excluding hydrogens is 511 g/mol. The van der Waals surface area contributed by atoms with E-state index in [4.69, 9.17) is 20.4 Å². The zero-order valence-electron chi connectivity index (χ0n) is 23.0. The summed E-state index contributed by atoms with van der Waals surface area (Å²) in [7, 11) is 1.65. The first-order valence-electron chi connectivity index (χ1n) is 14.2. The number of hydrogen-bond acceptors (Lipinski definition) is 4. The van der Waals surface area contributed by atoms with Crippen molar-refractivity contribution >= 4 is 27.6 Å². The molecule has 5 nitrogen and oxygen atoms in total. The number of nitrogens with zero attached hydrogens (tertiary/aromatic N) is 3. The first-order valence-corrected chi connectivity index (χ1v) is 14.2. The Balaban J connectivity index is 1.33. The molecule has 0 radical (unpaired) electrons. The molecule has 4 aromatic carbocycles. The van der Waals surface area contributed by atoms with Crippen LogP contribution in [0.25, 0.3) is 55.7 Å². The van der Waals surface area contributed by atoms with E-state index in [-0.39, 0.29) is 5.82 Å². The highest BCUT2D eigenvalue weighted by Crippen LogP contribution is 2.38. The molecule has 0 atom stereocenters. The molecule has 0 bridgehead atoms. The Morgan fingerprint density at radius 2 is 1.56 bits per heavy atom. The number of rotatable bonds is 5. The van der Waals surface area contributed by atoms with Crippen LogP contribution in [0.2, 0.25) is 0 Å². The molecule has 7 rings (SSSR count). The van der Waals surface area contributed by atoms with E-state index < -0.39 is 0 Å². The highest BCUT2D eigenvalue weighted by Gasteiger charge is 2.23. The first-order chi connectivity index (χ1) is 20.1. The van der Waals surface area contributed by atoms with Crippen LogP contribution in [0.5, 0.6) is 5.75 Å². The number of imidazole rings is 1. The molecule has 204 valence electrons. The number of nitrogens with two attached hydrogens (primary N) is 1. The number of fused-ring (bicyclic) bond motifs is 2. The van der Waals surface area contributed by atoms with E-state index >= 15 is 0 Å². The number of aromatic nitrogens is 3. The first kappa shape index (κ1) is 25.3. The molecule has 2 heterocycles. The zero-order chi connectivity index (χ0) is 27.9. The van der Waals surface area contributed by atoms with Crippen LogP contribution >= 0.6 is 0 Å². The van der Waals surface area contributed by atoms with Gasteiger partial charge in [0.2, 0.25) is 0 Å². The van der Waals surface area contributed by atoms with Crippen LogP contribution in [0.15, 0.2) is 91.0 Å². The monoisotopic (exact) mass is 542 g/mol. The average molecular weight is 543 g/mol. The fourth-order valence-corrected chi connectivity index (χ4v) is 6.19. The fraction of sp³-hybridized carbons (Fsp3) is 0.200. The van der Waals surface area contributed by atoms with Crippen molar-refractivity contribution in [2.75, 3.05) is 12.8 Å². The lowest BCUT2D eigenvalue weighted by Gasteiger charge is -2.25. The maximum atomic E-state index is 13.6. The van der Waals surface area contributed by atoms with Gasteiger partial charge in [-0.1, -0.05) is 43.5 Å². The maximum absolute atomic E-state index is 13.6. The van der Waals surface area contributed by atoms with Crippen LogP contribution in [0.1, 0.15) is 38.1 Å². The van der Waals surface area contributed by atoms with E-state index in [1.165, 1.54) is 31.4 Å². The Hall–Kier alpha value is -4.71. The van der Waals surface area contributed by atoms with Gasteiger partial charge in [0.05, 0.1) is 29.4 Å². The van der Waals surface area contributed by atoms with Gasteiger partial charge in [-0.05, 0) is 90.7 Å². The smallest absolute Gasteiger partial charge is 0.141 e. The molecule has 0 unspecified atom stereocenters. The largest absolute Gasteiger partial charge is 0.497 e. The Morgan fingerprint density at radius 3 is 2.37 bits per heavy atom. The van der Waals surface area contributed by atoms with Crippen molar-refractivity contribution in [2.45, 2.75) is 38.1 Å². The molecule has 0 aliphatic heterocycles. The third-order valence-corrected chi connectivity index (χ3v) is 8.26. The van der Waals surface area contributed by atoms with Crippen molar-refractivity contribution < 1.29 is 9.13 Å². The van der Waals surface area contributed by atoms with Crippen molar-refractivity contribution in [3.05, 3.63) is 96.8 Å². The molecule has 0 spiro atoms. The molecule has 1 aliphatic rings. The molecule has 6 heteroatoms. The summed E-state index contributed by atoms with van der Waals surface area (Å²) in [5.41, 5.74) is 14.5. The van der Waals surface area contributed by atoms with Crippen molar-refractivity contribution in [1.82, 2.24) is 14.5 Å². The van der Waals surface area contributed by atoms with Gasteiger partial charge < -0.3 is 15.0 Å². The summed E-state index contributed by atoms with van der Waals surface area (Å²) in [5, 5.41) is 1.04. The number of anilines is 1. The zero-order valence-corrected chi connectivity index (χ0v) is 23.0. The predicted octanol–water partition coefficient (Wildman–Crippen LogP) is 8.82. The maximum Gasteiger partial charge on any atom is 0.141 e. The van der Waals surface area contributed by atoms with Crippen molar-refractivity contribution in [3.63, 3.8) is 0 Å². The third kappa shape index (κ3) is 4.69. The number of ether oxygens (including phenoxy) is 1. The predicted molar refractivity (Wildman–Crippen MR) is 164 cm³/mol. The number of methoxy groups -OCH3 is 1. The highest BCUT2D eigenvalue weighted by molar-refractivity contribution is 5.90.